The second-order valence-corrected chi connectivity index (χ2v) is 9.28. The fraction of sp³-hybridized carbons (Fsp3) is 0.357. The van der Waals surface area contributed by atoms with Crippen LogP contribution >= 0.6 is 0 Å². The zero-order valence-corrected chi connectivity index (χ0v) is 21.4. The van der Waals surface area contributed by atoms with Gasteiger partial charge in [0.15, 0.2) is 5.82 Å². The Morgan fingerprint density at radius 1 is 1.05 bits per heavy atom. The number of fused-ring (bicyclic) bond motifs is 3. The van der Waals surface area contributed by atoms with E-state index in [4.69, 9.17) is 21.9 Å². The minimum Gasteiger partial charge on any atom is -0.387 e. The Morgan fingerprint density at radius 3 is 2.59 bits per heavy atom. The van der Waals surface area contributed by atoms with Gasteiger partial charge in [0.1, 0.15) is 17.2 Å². The molecule has 194 valence electrons. The Kier molecular flexibility index (Phi) is 8.68. The molecule has 9 heteroatoms. The number of carbonyl (C=O) groups is 1. The van der Waals surface area contributed by atoms with E-state index in [2.05, 4.69) is 33.2 Å². The fourth-order valence-electron chi connectivity index (χ4n) is 4.49. The molecule has 0 spiro atoms. The third-order valence-electron chi connectivity index (χ3n) is 6.40. The van der Waals surface area contributed by atoms with Gasteiger partial charge in [-0.05, 0) is 43.0 Å². The molecule has 4 rings (SSSR count). The van der Waals surface area contributed by atoms with Gasteiger partial charge >= 0.3 is 0 Å². The van der Waals surface area contributed by atoms with Crippen LogP contribution in [0.5, 0.6) is 0 Å². The summed E-state index contributed by atoms with van der Waals surface area (Å²) in [5, 5.41) is 14.4. The normalized spacial score (nSPS) is 11.3. The number of aryl methyl sites for hydroxylation is 2. The van der Waals surface area contributed by atoms with E-state index in [0.29, 0.717) is 31.0 Å². The van der Waals surface area contributed by atoms with E-state index in [1.165, 1.54) is 0 Å². The van der Waals surface area contributed by atoms with Crippen molar-refractivity contribution >= 4 is 39.5 Å². The van der Waals surface area contributed by atoms with Gasteiger partial charge in [-0.2, -0.15) is 0 Å². The maximum Gasteiger partial charge on any atom is 0.251 e. The fourth-order valence-corrected chi connectivity index (χ4v) is 4.49. The molecule has 2 heterocycles. The molecule has 0 aliphatic rings. The molecule has 0 aliphatic heterocycles. The molecule has 0 saturated carbocycles. The van der Waals surface area contributed by atoms with Crippen molar-refractivity contribution < 1.29 is 4.79 Å². The number of imidazole rings is 1. The number of benzene rings is 2. The van der Waals surface area contributed by atoms with Crippen molar-refractivity contribution in [2.45, 2.75) is 52.1 Å². The van der Waals surface area contributed by atoms with E-state index in [-0.39, 0.29) is 11.7 Å². The number of nitrogens with zero attached hydrogens (tertiary/aromatic N) is 3. The van der Waals surface area contributed by atoms with Gasteiger partial charge in [-0.25, -0.2) is 9.97 Å². The average Bonchev–Trinajstić information content (AvgIpc) is 3.26. The minimum absolute atomic E-state index is 0.0789. The van der Waals surface area contributed by atoms with Gasteiger partial charge in [-0.15, -0.1) is 0 Å². The number of carbonyl (C=O) groups excluding carboxylic acids is 1. The molecule has 0 bridgehead atoms. The van der Waals surface area contributed by atoms with E-state index in [1.807, 2.05) is 42.5 Å². The lowest BCUT2D eigenvalue weighted by Crippen LogP contribution is -2.27. The van der Waals surface area contributed by atoms with Crippen molar-refractivity contribution in [1.29, 1.82) is 5.41 Å². The number of aromatic nitrogens is 3. The number of nitrogen functional groups attached to an aromatic ring is 1. The molecule has 2 aromatic carbocycles. The van der Waals surface area contributed by atoms with Crippen LogP contribution in [0.4, 0.5) is 5.82 Å². The van der Waals surface area contributed by atoms with E-state index < -0.39 is 0 Å². The van der Waals surface area contributed by atoms with Gasteiger partial charge in [0.25, 0.3) is 5.91 Å². The van der Waals surface area contributed by atoms with Crippen LogP contribution in [0.2, 0.25) is 0 Å². The Morgan fingerprint density at radius 2 is 1.84 bits per heavy atom. The Balaban J connectivity index is 1.36. The predicted octanol–water partition coefficient (Wildman–Crippen LogP) is 3.75. The molecule has 2 aromatic heterocycles. The van der Waals surface area contributed by atoms with Crippen molar-refractivity contribution in [3.63, 3.8) is 0 Å². The van der Waals surface area contributed by atoms with Crippen LogP contribution in [0.3, 0.4) is 0 Å². The first-order valence-electron chi connectivity index (χ1n) is 12.9. The Hall–Kier alpha value is -3.98. The molecule has 0 fully saturated rings. The molecule has 0 aliphatic carbocycles. The number of para-hydroxylation sites is 1. The number of amidine groups is 1. The number of hydrogen-bond donors (Lipinski definition) is 5. The number of pyridine rings is 1. The van der Waals surface area contributed by atoms with Crippen LogP contribution in [-0.4, -0.2) is 39.4 Å². The van der Waals surface area contributed by atoms with Crippen molar-refractivity contribution in [2.24, 2.45) is 5.73 Å². The summed E-state index contributed by atoms with van der Waals surface area (Å²) in [6.07, 6.45) is 4.82. The average molecular weight is 501 g/mol. The highest BCUT2D eigenvalue weighted by Gasteiger charge is 2.17. The van der Waals surface area contributed by atoms with Crippen molar-refractivity contribution in [3.05, 3.63) is 65.5 Å². The molecular weight excluding hydrogens is 464 g/mol. The van der Waals surface area contributed by atoms with Gasteiger partial charge < -0.3 is 26.7 Å². The maximum absolute atomic E-state index is 12.6. The highest BCUT2D eigenvalue weighted by molar-refractivity contribution is 6.06. The molecule has 0 unspecified atom stereocenters. The minimum atomic E-state index is -0.0789. The Bertz CT molecular complexity index is 1380. The zero-order chi connectivity index (χ0) is 26.2. The summed E-state index contributed by atoms with van der Waals surface area (Å²) in [6, 6.07) is 15.5. The Labute approximate surface area is 217 Å². The number of nitrogens with two attached hydrogens (primary N) is 2. The van der Waals surface area contributed by atoms with E-state index in [0.717, 1.165) is 72.0 Å². The lowest BCUT2D eigenvalue weighted by Gasteiger charge is -2.11. The summed E-state index contributed by atoms with van der Waals surface area (Å²) >= 11 is 0. The first kappa shape index (κ1) is 26.1. The molecule has 0 atom stereocenters. The predicted molar refractivity (Wildman–Crippen MR) is 150 cm³/mol. The summed E-state index contributed by atoms with van der Waals surface area (Å²) in [7, 11) is 0. The van der Waals surface area contributed by atoms with Gasteiger partial charge in [0.05, 0.1) is 17.6 Å². The summed E-state index contributed by atoms with van der Waals surface area (Å²) in [4.78, 5) is 22.0. The van der Waals surface area contributed by atoms with Crippen LogP contribution in [0, 0.1) is 5.41 Å². The molecule has 9 nitrogen and oxygen atoms in total. The monoisotopic (exact) mass is 500 g/mol. The van der Waals surface area contributed by atoms with Gasteiger partial charge in [0, 0.05) is 37.0 Å². The van der Waals surface area contributed by atoms with Gasteiger partial charge in [-0.1, -0.05) is 43.7 Å². The van der Waals surface area contributed by atoms with Crippen LogP contribution in [0.25, 0.3) is 21.9 Å². The van der Waals surface area contributed by atoms with Crippen LogP contribution in [0.15, 0.2) is 48.5 Å². The standard InChI is InChI=1S/C28H36N8O/c1-2-3-10-24-35-25-26(21-8-4-5-9-22(21)34-27(25)31)36(24)16-7-6-15-33-28(37)20-13-11-19(12-14-20)17-32-18-23(29)30/h4-5,8-9,11-14,32H,2-3,6-7,10,15-18H2,1H3,(H3,29,30)(H2,31,34)(H,33,37). The molecule has 37 heavy (non-hydrogen) atoms. The SMILES string of the molecule is CCCCc1nc2c(N)nc3ccccc3c2n1CCCCNC(=O)c1ccc(CNCC(=N)N)cc1. The molecule has 7 N–H and O–H groups in total. The summed E-state index contributed by atoms with van der Waals surface area (Å²) in [5.41, 5.74) is 16.0. The van der Waals surface area contributed by atoms with Crippen molar-refractivity contribution in [3.8, 4) is 0 Å². The second kappa shape index (κ2) is 12.3. The molecule has 0 radical (unpaired) electrons. The number of unbranched alkanes of at least 4 members (excludes halogenated alkanes) is 2. The largest absolute Gasteiger partial charge is 0.387 e. The quantitative estimate of drug-likeness (QED) is 0.107. The molecule has 0 saturated heterocycles. The summed E-state index contributed by atoms with van der Waals surface area (Å²) in [6.45, 7) is 4.53. The number of hydrogen-bond acceptors (Lipinski definition) is 6. The van der Waals surface area contributed by atoms with E-state index in [9.17, 15) is 4.79 Å². The van der Waals surface area contributed by atoms with E-state index in [1.54, 1.807) is 0 Å². The zero-order valence-electron chi connectivity index (χ0n) is 21.4. The molecule has 1 amide bonds. The lowest BCUT2D eigenvalue weighted by molar-refractivity contribution is 0.0953. The number of rotatable bonds is 13. The summed E-state index contributed by atoms with van der Waals surface area (Å²) in [5.74, 6) is 1.54. The van der Waals surface area contributed by atoms with Crippen LogP contribution in [0.1, 0.15) is 54.4 Å². The third-order valence-corrected chi connectivity index (χ3v) is 6.40. The third kappa shape index (κ3) is 6.42. The number of amides is 1. The van der Waals surface area contributed by atoms with Gasteiger partial charge in [0.2, 0.25) is 0 Å². The van der Waals surface area contributed by atoms with E-state index >= 15 is 0 Å². The first-order chi connectivity index (χ1) is 18.0. The van der Waals surface area contributed by atoms with Gasteiger partial charge in [-0.3, -0.25) is 10.2 Å². The highest BCUT2D eigenvalue weighted by atomic mass is 16.1. The first-order valence-corrected chi connectivity index (χ1v) is 12.9. The second-order valence-electron chi connectivity index (χ2n) is 9.28. The highest BCUT2D eigenvalue weighted by Crippen LogP contribution is 2.29. The molecular formula is C28H36N8O. The van der Waals surface area contributed by atoms with Crippen molar-refractivity contribution in [1.82, 2.24) is 25.2 Å². The van der Waals surface area contributed by atoms with Crippen molar-refractivity contribution in [2.75, 3.05) is 18.8 Å². The summed E-state index contributed by atoms with van der Waals surface area (Å²) < 4.78 is 2.30. The van der Waals surface area contributed by atoms with Crippen LogP contribution in [-0.2, 0) is 19.5 Å². The lowest BCUT2D eigenvalue weighted by atomic mass is 10.1. The topological polar surface area (TPSA) is 148 Å². The maximum atomic E-state index is 12.6. The number of nitrogens with one attached hydrogen (secondary N) is 3. The smallest absolute Gasteiger partial charge is 0.251 e. The van der Waals surface area contributed by atoms with Crippen LogP contribution < -0.4 is 22.1 Å². The number of anilines is 1. The molecule has 4 aromatic rings.